The zero-order valence-electron chi connectivity index (χ0n) is 8.45. The molecular weight excluding hydrogens is 302 g/mol. The second-order valence-corrected chi connectivity index (χ2v) is 6.20. The minimum absolute atomic E-state index is 0.407. The first-order valence-electron chi connectivity index (χ1n) is 4.89. The lowest BCUT2D eigenvalue weighted by atomic mass is 9.93. The van der Waals surface area contributed by atoms with Gasteiger partial charge in [0.2, 0.25) is 0 Å². The standard InChI is InChI=1S/C13H12FI/c1-13(15)8-7-11(9-12(13)14)10-5-3-2-4-6-10/h2-9,12H,1H3. The largest absolute Gasteiger partial charge is 0.241 e. The molecular formula is C13H12FI. The molecule has 0 heterocycles. The van der Waals surface area contributed by atoms with Crippen molar-refractivity contribution in [3.63, 3.8) is 0 Å². The van der Waals surface area contributed by atoms with Crippen LogP contribution in [0, 0.1) is 0 Å². The SMILES string of the molecule is CC1(I)C=CC(c2ccccc2)=CC1F. The minimum Gasteiger partial charge on any atom is -0.241 e. The smallest absolute Gasteiger partial charge is 0.137 e. The molecule has 2 atom stereocenters. The lowest BCUT2D eigenvalue weighted by molar-refractivity contribution is 0.368. The van der Waals surface area contributed by atoms with E-state index in [0.29, 0.717) is 0 Å². The molecule has 1 aromatic rings. The van der Waals surface area contributed by atoms with Crippen LogP contribution in [0.15, 0.2) is 48.6 Å². The lowest BCUT2D eigenvalue weighted by Crippen LogP contribution is -2.27. The summed E-state index contributed by atoms with van der Waals surface area (Å²) < 4.78 is 13.4. The van der Waals surface area contributed by atoms with E-state index in [-0.39, 0.29) is 0 Å². The molecule has 0 saturated heterocycles. The summed E-state index contributed by atoms with van der Waals surface area (Å²) in [5, 5.41) is 0. The highest BCUT2D eigenvalue weighted by Crippen LogP contribution is 2.34. The summed E-state index contributed by atoms with van der Waals surface area (Å²) in [6.45, 7) is 1.90. The Morgan fingerprint density at radius 1 is 1.27 bits per heavy atom. The van der Waals surface area contributed by atoms with Gasteiger partial charge in [0.1, 0.15) is 6.17 Å². The van der Waals surface area contributed by atoms with Gasteiger partial charge in [-0.1, -0.05) is 65.1 Å². The fourth-order valence-corrected chi connectivity index (χ4v) is 1.90. The van der Waals surface area contributed by atoms with Crippen molar-refractivity contribution in [2.24, 2.45) is 0 Å². The van der Waals surface area contributed by atoms with Gasteiger partial charge in [-0.2, -0.15) is 0 Å². The van der Waals surface area contributed by atoms with Crippen LogP contribution in [0.1, 0.15) is 12.5 Å². The first-order valence-corrected chi connectivity index (χ1v) is 5.97. The van der Waals surface area contributed by atoms with Gasteiger partial charge in [-0.25, -0.2) is 4.39 Å². The summed E-state index contributed by atoms with van der Waals surface area (Å²) in [6, 6.07) is 9.90. The fourth-order valence-electron chi connectivity index (χ4n) is 1.54. The molecule has 0 bridgehead atoms. The molecule has 1 aromatic carbocycles. The molecule has 0 radical (unpaired) electrons. The van der Waals surface area contributed by atoms with Crippen LogP contribution in [-0.2, 0) is 0 Å². The average Bonchev–Trinajstić information content (AvgIpc) is 2.23. The van der Waals surface area contributed by atoms with E-state index in [9.17, 15) is 4.39 Å². The monoisotopic (exact) mass is 314 g/mol. The Bertz CT molecular complexity index is 404. The maximum Gasteiger partial charge on any atom is 0.137 e. The van der Waals surface area contributed by atoms with Crippen LogP contribution in [0.4, 0.5) is 4.39 Å². The Balaban J connectivity index is 2.32. The van der Waals surface area contributed by atoms with E-state index in [1.807, 2.05) is 49.4 Å². The van der Waals surface area contributed by atoms with Crippen molar-refractivity contribution in [3.05, 3.63) is 54.1 Å². The van der Waals surface area contributed by atoms with Crippen molar-refractivity contribution < 1.29 is 4.39 Å². The zero-order chi connectivity index (χ0) is 10.9. The molecule has 0 aliphatic heterocycles. The van der Waals surface area contributed by atoms with Crippen molar-refractivity contribution in [2.45, 2.75) is 16.5 Å². The molecule has 0 N–H and O–H groups in total. The summed E-state index contributed by atoms with van der Waals surface area (Å²) in [5.74, 6) is 0. The van der Waals surface area contributed by atoms with Gasteiger partial charge in [-0.05, 0) is 24.1 Å². The van der Waals surface area contributed by atoms with Crippen LogP contribution in [-0.4, -0.2) is 9.59 Å². The van der Waals surface area contributed by atoms with Gasteiger partial charge in [-0.15, -0.1) is 0 Å². The van der Waals surface area contributed by atoms with Crippen LogP contribution < -0.4 is 0 Å². The Labute approximate surface area is 103 Å². The molecule has 2 unspecified atom stereocenters. The first-order chi connectivity index (χ1) is 7.09. The second kappa shape index (κ2) is 4.08. The van der Waals surface area contributed by atoms with Crippen LogP contribution in [0.3, 0.4) is 0 Å². The maximum absolute atomic E-state index is 13.8. The van der Waals surface area contributed by atoms with E-state index < -0.39 is 9.59 Å². The molecule has 78 valence electrons. The Morgan fingerprint density at radius 2 is 1.93 bits per heavy atom. The van der Waals surface area contributed by atoms with E-state index in [2.05, 4.69) is 22.6 Å². The van der Waals surface area contributed by atoms with Gasteiger partial charge in [0, 0.05) is 0 Å². The van der Waals surface area contributed by atoms with Gasteiger partial charge in [-0.3, -0.25) is 0 Å². The highest BCUT2D eigenvalue weighted by Gasteiger charge is 2.30. The van der Waals surface area contributed by atoms with Crippen LogP contribution in [0.5, 0.6) is 0 Å². The minimum atomic E-state index is -0.918. The third kappa shape index (κ3) is 2.30. The summed E-state index contributed by atoms with van der Waals surface area (Å²) >= 11 is 2.14. The maximum atomic E-state index is 13.8. The second-order valence-electron chi connectivity index (χ2n) is 3.87. The lowest BCUT2D eigenvalue weighted by Gasteiger charge is -2.25. The average molecular weight is 314 g/mol. The number of allylic oxidation sites excluding steroid dienone is 4. The highest BCUT2D eigenvalue weighted by atomic mass is 127. The van der Waals surface area contributed by atoms with Crippen LogP contribution in [0.2, 0.25) is 0 Å². The molecule has 1 aliphatic carbocycles. The van der Waals surface area contributed by atoms with Crippen molar-refractivity contribution in [1.82, 2.24) is 0 Å². The molecule has 1 aliphatic rings. The van der Waals surface area contributed by atoms with Crippen molar-refractivity contribution in [1.29, 1.82) is 0 Å². The third-order valence-corrected chi connectivity index (χ3v) is 3.52. The topological polar surface area (TPSA) is 0 Å². The van der Waals surface area contributed by atoms with Crippen LogP contribution >= 0.6 is 22.6 Å². The Kier molecular flexibility index (Phi) is 2.96. The Morgan fingerprint density at radius 3 is 2.53 bits per heavy atom. The predicted molar refractivity (Wildman–Crippen MR) is 70.9 cm³/mol. The van der Waals surface area contributed by atoms with Gasteiger partial charge in [0.05, 0.1) is 3.42 Å². The van der Waals surface area contributed by atoms with E-state index in [4.69, 9.17) is 0 Å². The fraction of sp³-hybridized carbons (Fsp3) is 0.231. The van der Waals surface area contributed by atoms with Gasteiger partial charge < -0.3 is 0 Å². The molecule has 2 rings (SSSR count). The quantitative estimate of drug-likeness (QED) is 0.539. The number of halogens is 2. The molecule has 2 heteroatoms. The predicted octanol–water partition coefficient (Wildman–Crippen LogP) is 4.17. The summed E-state index contributed by atoms with van der Waals surface area (Å²) in [4.78, 5) is 0. The number of benzene rings is 1. The third-order valence-electron chi connectivity index (χ3n) is 2.56. The van der Waals surface area contributed by atoms with Crippen molar-refractivity contribution >= 4 is 28.2 Å². The van der Waals surface area contributed by atoms with Crippen molar-refractivity contribution in [3.8, 4) is 0 Å². The molecule has 0 saturated carbocycles. The van der Waals surface area contributed by atoms with E-state index in [0.717, 1.165) is 11.1 Å². The summed E-state index contributed by atoms with van der Waals surface area (Å²) in [5.41, 5.74) is 2.04. The molecule has 0 aromatic heterocycles. The van der Waals surface area contributed by atoms with E-state index >= 15 is 0 Å². The molecule has 15 heavy (non-hydrogen) atoms. The zero-order valence-corrected chi connectivity index (χ0v) is 10.6. The van der Waals surface area contributed by atoms with Gasteiger partial charge in [0.25, 0.3) is 0 Å². The highest BCUT2D eigenvalue weighted by molar-refractivity contribution is 14.1. The van der Waals surface area contributed by atoms with Crippen molar-refractivity contribution in [2.75, 3.05) is 0 Å². The van der Waals surface area contributed by atoms with Crippen LogP contribution in [0.25, 0.3) is 5.57 Å². The number of alkyl halides is 2. The number of rotatable bonds is 1. The van der Waals surface area contributed by atoms with E-state index in [1.165, 1.54) is 0 Å². The van der Waals surface area contributed by atoms with Gasteiger partial charge >= 0.3 is 0 Å². The van der Waals surface area contributed by atoms with E-state index in [1.54, 1.807) is 6.08 Å². The normalized spacial score (nSPS) is 30.1. The number of hydrogen-bond donors (Lipinski definition) is 0. The summed E-state index contributed by atoms with van der Waals surface area (Å²) in [6.07, 6.45) is 4.71. The first kappa shape index (κ1) is 10.9. The molecule has 0 spiro atoms. The number of hydrogen-bond acceptors (Lipinski definition) is 0. The molecule has 0 fully saturated rings. The molecule has 0 nitrogen and oxygen atoms in total. The Hall–Kier alpha value is -0.640. The summed E-state index contributed by atoms with van der Waals surface area (Å²) in [7, 11) is 0. The molecule has 0 amide bonds. The van der Waals surface area contributed by atoms with Gasteiger partial charge in [0.15, 0.2) is 0 Å².